The Hall–Kier alpha value is -3.08. The Kier molecular flexibility index (Phi) is 4.44. The number of para-hydroxylation sites is 1. The van der Waals surface area contributed by atoms with Gasteiger partial charge in [-0.2, -0.15) is 5.10 Å². The summed E-state index contributed by atoms with van der Waals surface area (Å²) in [5.74, 6) is 0.815. The van der Waals surface area contributed by atoms with Crippen molar-refractivity contribution in [3.63, 3.8) is 0 Å². The van der Waals surface area contributed by atoms with E-state index in [0.29, 0.717) is 25.4 Å². The summed E-state index contributed by atoms with van der Waals surface area (Å²) in [5.41, 5.74) is 2.54. The molecule has 0 N–H and O–H groups in total. The first-order valence-corrected chi connectivity index (χ1v) is 8.83. The zero-order valence-corrected chi connectivity index (χ0v) is 14.7. The van der Waals surface area contributed by atoms with Gasteiger partial charge in [0, 0.05) is 6.54 Å². The van der Waals surface area contributed by atoms with Gasteiger partial charge >= 0.3 is 0 Å². The molecule has 0 saturated heterocycles. The van der Waals surface area contributed by atoms with Gasteiger partial charge in [-0.3, -0.25) is 9.48 Å². The average Bonchev–Trinajstić information content (AvgIpc) is 3.12. The highest BCUT2D eigenvalue weighted by atomic mass is 16.5. The second-order valence-corrected chi connectivity index (χ2v) is 6.43. The molecule has 0 radical (unpaired) electrons. The molecule has 3 aromatic rings. The van der Waals surface area contributed by atoms with Crippen LogP contribution in [0.2, 0.25) is 0 Å². The predicted octanol–water partition coefficient (Wildman–Crippen LogP) is 3.68. The normalized spacial score (nSPS) is 14.8. The number of hydrogen-bond acceptors (Lipinski definition) is 3. The number of carbonyl (C=O) groups is 1. The lowest BCUT2D eigenvalue weighted by molar-refractivity contribution is 0.0624. The molecule has 0 unspecified atom stereocenters. The van der Waals surface area contributed by atoms with Gasteiger partial charge < -0.3 is 9.64 Å². The third-order valence-electron chi connectivity index (χ3n) is 4.74. The van der Waals surface area contributed by atoms with Crippen molar-refractivity contribution in [3.8, 4) is 5.75 Å². The summed E-state index contributed by atoms with van der Waals surface area (Å²) >= 11 is 0. The van der Waals surface area contributed by atoms with E-state index in [1.54, 1.807) is 4.68 Å². The van der Waals surface area contributed by atoms with Crippen molar-refractivity contribution in [2.45, 2.75) is 26.1 Å². The molecule has 2 heterocycles. The summed E-state index contributed by atoms with van der Waals surface area (Å²) in [5, 5.41) is 4.53. The standard InChI is InChI=1S/C21H21N3O2/c1-16(17-8-4-2-5-9-17)23-12-13-24-20(21(23)25)14-18(22-24)15-26-19-10-6-3-7-11-19/h2-11,14,16H,12-13,15H2,1H3/t16-/m0/s1. The summed E-state index contributed by atoms with van der Waals surface area (Å²) in [6.07, 6.45) is 0. The maximum Gasteiger partial charge on any atom is 0.272 e. The minimum Gasteiger partial charge on any atom is -0.487 e. The maximum absolute atomic E-state index is 12.9. The highest BCUT2D eigenvalue weighted by Gasteiger charge is 2.30. The maximum atomic E-state index is 12.9. The van der Waals surface area contributed by atoms with Gasteiger partial charge in [0.05, 0.1) is 12.6 Å². The second kappa shape index (κ2) is 7.04. The Labute approximate surface area is 152 Å². The van der Waals surface area contributed by atoms with Crippen LogP contribution in [0.15, 0.2) is 66.7 Å². The van der Waals surface area contributed by atoms with Crippen LogP contribution >= 0.6 is 0 Å². The Balaban J connectivity index is 1.49. The van der Waals surface area contributed by atoms with E-state index < -0.39 is 0 Å². The molecule has 0 fully saturated rings. The van der Waals surface area contributed by atoms with Crippen LogP contribution in [0.1, 0.15) is 34.7 Å². The number of amides is 1. The van der Waals surface area contributed by atoms with Crippen LogP contribution in [-0.4, -0.2) is 27.1 Å². The first-order chi connectivity index (χ1) is 12.7. The highest BCUT2D eigenvalue weighted by Crippen LogP contribution is 2.25. The Morgan fingerprint density at radius 3 is 2.46 bits per heavy atom. The van der Waals surface area contributed by atoms with Crippen LogP contribution in [-0.2, 0) is 13.2 Å². The van der Waals surface area contributed by atoms with Crippen molar-refractivity contribution in [1.82, 2.24) is 14.7 Å². The highest BCUT2D eigenvalue weighted by molar-refractivity contribution is 5.93. The molecule has 1 aliphatic rings. The van der Waals surface area contributed by atoms with Crippen molar-refractivity contribution in [2.75, 3.05) is 6.54 Å². The molecule has 1 amide bonds. The number of fused-ring (bicyclic) bond motifs is 1. The third-order valence-corrected chi connectivity index (χ3v) is 4.74. The lowest BCUT2D eigenvalue weighted by Gasteiger charge is -2.33. The van der Waals surface area contributed by atoms with Gasteiger partial charge in [0.15, 0.2) is 0 Å². The number of benzene rings is 2. The van der Waals surface area contributed by atoms with Crippen LogP contribution in [0.3, 0.4) is 0 Å². The van der Waals surface area contributed by atoms with E-state index >= 15 is 0 Å². The van der Waals surface area contributed by atoms with Crippen LogP contribution in [0.25, 0.3) is 0 Å². The van der Waals surface area contributed by atoms with Gasteiger partial charge in [-0.1, -0.05) is 48.5 Å². The largest absolute Gasteiger partial charge is 0.487 e. The lowest BCUT2D eigenvalue weighted by Crippen LogP contribution is -2.41. The quantitative estimate of drug-likeness (QED) is 0.707. The summed E-state index contributed by atoms with van der Waals surface area (Å²) in [7, 11) is 0. The number of hydrogen-bond donors (Lipinski definition) is 0. The number of ether oxygens (including phenoxy) is 1. The van der Waals surface area contributed by atoms with Gasteiger partial charge in [-0.25, -0.2) is 0 Å². The molecule has 1 atom stereocenters. The molecule has 0 bridgehead atoms. The van der Waals surface area contributed by atoms with Gasteiger partial charge in [0.25, 0.3) is 5.91 Å². The summed E-state index contributed by atoms with van der Waals surface area (Å²) in [6, 6.07) is 21.6. The van der Waals surface area contributed by atoms with Crippen molar-refractivity contribution in [3.05, 3.63) is 83.7 Å². The summed E-state index contributed by atoms with van der Waals surface area (Å²) in [6.45, 7) is 3.77. The van der Waals surface area contributed by atoms with E-state index in [9.17, 15) is 4.79 Å². The fourth-order valence-electron chi connectivity index (χ4n) is 3.29. The lowest BCUT2D eigenvalue weighted by atomic mass is 10.1. The van der Waals surface area contributed by atoms with Gasteiger partial charge in [0.2, 0.25) is 0 Å². The van der Waals surface area contributed by atoms with Crippen LogP contribution in [0, 0.1) is 0 Å². The molecule has 5 nitrogen and oxygen atoms in total. The fourth-order valence-corrected chi connectivity index (χ4v) is 3.29. The Morgan fingerprint density at radius 2 is 1.73 bits per heavy atom. The SMILES string of the molecule is C[C@@H](c1ccccc1)N1CCn2nc(COc3ccccc3)cc2C1=O. The van der Waals surface area contributed by atoms with Gasteiger partial charge in [0.1, 0.15) is 23.7 Å². The van der Waals surface area contributed by atoms with Gasteiger partial charge in [-0.05, 0) is 30.7 Å². The number of aromatic nitrogens is 2. The van der Waals surface area contributed by atoms with E-state index in [1.165, 1.54) is 0 Å². The first kappa shape index (κ1) is 16.4. The van der Waals surface area contributed by atoms with Crippen LogP contribution in [0.4, 0.5) is 0 Å². The molecule has 2 aromatic carbocycles. The molecule has 5 heteroatoms. The molecular weight excluding hydrogens is 326 g/mol. The minimum absolute atomic E-state index is 0.0195. The number of carbonyl (C=O) groups excluding carboxylic acids is 1. The van der Waals surface area contributed by atoms with Crippen molar-refractivity contribution in [1.29, 1.82) is 0 Å². The molecule has 26 heavy (non-hydrogen) atoms. The average molecular weight is 347 g/mol. The topological polar surface area (TPSA) is 47.4 Å². The molecule has 0 spiro atoms. The summed E-state index contributed by atoms with van der Waals surface area (Å²) in [4.78, 5) is 14.9. The molecule has 132 valence electrons. The molecule has 0 aliphatic carbocycles. The van der Waals surface area contributed by atoms with E-state index in [-0.39, 0.29) is 11.9 Å². The Bertz CT molecular complexity index is 890. The molecule has 1 aromatic heterocycles. The summed E-state index contributed by atoms with van der Waals surface area (Å²) < 4.78 is 7.54. The molecule has 4 rings (SSSR count). The zero-order valence-electron chi connectivity index (χ0n) is 14.7. The molecular formula is C21H21N3O2. The van der Waals surface area contributed by atoms with Crippen LogP contribution in [0.5, 0.6) is 5.75 Å². The fraction of sp³-hybridized carbons (Fsp3) is 0.238. The minimum atomic E-state index is 0.0195. The zero-order chi connectivity index (χ0) is 17.9. The van der Waals surface area contributed by atoms with Crippen molar-refractivity contribution in [2.24, 2.45) is 0 Å². The van der Waals surface area contributed by atoms with E-state index in [0.717, 1.165) is 17.0 Å². The van der Waals surface area contributed by atoms with Crippen molar-refractivity contribution < 1.29 is 9.53 Å². The van der Waals surface area contributed by atoms with Crippen LogP contribution < -0.4 is 4.74 Å². The third kappa shape index (κ3) is 3.20. The Morgan fingerprint density at radius 1 is 1.04 bits per heavy atom. The van der Waals surface area contributed by atoms with E-state index in [2.05, 4.69) is 24.2 Å². The van der Waals surface area contributed by atoms with Gasteiger partial charge in [-0.15, -0.1) is 0 Å². The molecule has 1 aliphatic heterocycles. The molecule has 0 saturated carbocycles. The predicted molar refractivity (Wildman–Crippen MR) is 98.9 cm³/mol. The smallest absolute Gasteiger partial charge is 0.272 e. The monoisotopic (exact) mass is 347 g/mol. The number of rotatable bonds is 5. The second-order valence-electron chi connectivity index (χ2n) is 6.43. The van der Waals surface area contributed by atoms with E-state index in [4.69, 9.17) is 4.74 Å². The van der Waals surface area contributed by atoms with Crippen molar-refractivity contribution >= 4 is 5.91 Å². The first-order valence-electron chi connectivity index (χ1n) is 8.83. The van der Waals surface area contributed by atoms with E-state index in [1.807, 2.05) is 59.5 Å². The number of nitrogens with zero attached hydrogens (tertiary/aromatic N) is 3.